The minimum atomic E-state index is 0.346. The molecule has 0 spiro atoms. The Balaban J connectivity index is 0.00000198. The maximum atomic E-state index is 6.13. The second-order valence-corrected chi connectivity index (χ2v) is 7.88. The lowest BCUT2D eigenvalue weighted by molar-refractivity contribution is 0.265. The number of rotatable bonds is 7. The molecule has 2 aromatic carbocycles. The van der Waals surface area contributed by atoms with Crippen LogP contribution in [0.15, 0.2) is 12.1 Å². The van der Waals surface area contributed by atoms with Gasteiger partial charge in [-0.15, -0.1) is 0 Å². The quantitative estimate of drug-likeness (QED) is 0.269. The van der Waals surface area contributed by atoms with E-state index in [-0.39, 0.29) is 0 Å². The molecule has 0 unspecified atom stereocenters. The van der Waals surface area contributed by atoms with Crippen molar-refractivity contribution < 1.29 is 9.47 Å². The minimum absolute atomic E-state index is 0.346. The van der Waals surface area contributed by atoms with Crippen LogP contribution in [0.25, 0.3) is 0 Å². The first-order valence-electron chi connectivity index (χ1n) is 10.1. The Hall–Kier alpha value is -0.510. The van der Waals surface area contributed by atoms with Gasteiger partial charge in [0.2, 0.25) is 0 Å². The number of unbranched alkanes of at least 4 members (excludes halogenated alkanes) is 1. The van der Waals surface area contributed by atoms with Crippen LogP contribution < -0.4 is 9.47 Å². The van der Waals surface area contributed by atoms with Crippen LogP contribution in [0.3, 0.4) is 0 Å². The van der Waals surface area contributed by atoms with Gasteiger partial charge in [0, 0.05) is 17.7 Å². The van der Waals surface area contributed by atoms with E-state index in [4.69, 9.17) is 67.5 Å². The summed E-state index contributed by atoms with van der Waals surface area (Å²) < 4.78 is 11.6. The summed E-state index contributed by atoms with van der Waals surface area (Å²) in [4.78, 5) is 0. The highest BCUT2D eigenvalue weighted by molar-refractivity contribution is 6.48. The molecule has 0 saturated carbocycles. The fourth-order valence-electron chi connectivity index (χ4n) is 2.35. The summed E-state index contributed by atoms with van der Waals surface area (Å²) in [6, 6.07) is 3.44. The lowest BCUT2D eigenvalue weighted by Gasteiger charge is -2.14. The minimum Gasteiger partial charge on any atom is -0.493 e. The van der Waals surface area contributed by atoms with Crippen LogP contribution in [0.2, 0.25) is 25.1 Å². The van der Waals surface area contributed by atoms with Gasteiger partial charge in [0.05, 0.1) is 38.3 Å². The zero-order valence-corrected chi connectivity index (χ0v) is 22.5. The van der Waals surface area contributed by atoms with E-state index in [1.165, 1.54) is 0 Å². The predicted octanol–water partition coefficient (Wildman–Crippen LogP) is 10.2. The summed E-state index contributed by atoms with van der Waals surface area (Å²) >= 11 is 30.4. The van der Waals surface area contributed by atoms with E-state index in [9.17, 15) is 0 Å². The summed E-state index contributed by atoms with van der Waals surface area (Å²) in [5.41, 5.74) is 2.71. The Labute approximate surface area is 206 Å². The van der Waals surface area contributed by atoms with Crippen molar-refractivity contribution in [3.63, 3.8) is 0 Å². The molecule has 0 saturated heterocycles. The maximum absolute atomic E-state index is 6.13. The average Bonchev–Trinajstić information content (AvgIpc) is 2.77. The smallest absolute Gasteiger partial charge is 0.125 e. The first-order chi connectivity index (χ1) is 14.2. The van der Waals surface area contributed by atoms with Gasteiger partial charge in [0.1, 0.15) is 11.5 Å². The molecule has 2 nitrogen and oxygen atoms in total. The van der Waals surface area contributed by atoms with Gasteiger partial charge in [-0.25, -0.2) is 0 Å². The van der Waals surface area contributed by atoms with Crippen LogP contribution in [0.4, 0.5) is 0 Å². The average molecular weight is 517 g/mol. The molecule has 0 amide bonds. The normalized spacial score (nSPS) is 9.87. The zero-order valence-electron chi connectivity index (χ0n) is 18.7. The summed E-state index contributed by atoms with van der Waals surface area (Å²) in [6.45, 7) is 14.8. The Bertz CT molecular complexity index is 740. The highest BCUT2D eigenvalue weighted by atomic mass is 35.5. The van der Waals surface area contributed by atoms with Crippen LogP contribution in [-0.2, 0) is 0 Å². The molecule has 0 heterocycles. The molecule has 2 aromatic rings. The van der Waals surface area contributed by atoms with Crippen LogP contribution in [0.1, 0.15) is 57.2 Å². The monoisotopic (exact) mass is 514 g/mol. The molecule has 0 N–H and O–H groups in total. The van der Waals surface area contributed by atoms with Crippen molar-refractivity contribution in [1.29, 1.82) is 0 Å². The van der Waals surface area contributed by atoms with Crippen LogP contribution in [0.5, 0.6) is 11.5 Å². The summed E-state index contributed by atoms with van der Waals surface area (Å²) in [6.07, 6.45) is 1.64. The van der Waals surface area contributed by atoms with Gasteiger partial charge in [-0.1, -0.05) is 85.7 Å². The maximum Gasteiger partial charge on any atom is 0.125 e. The summed E-state index contributed by atoms with van der Waals surface area (Å²) in [7, 11) is 0. The SMILES string of the molecule is CC.CC.Cc1c(OCCCCOc2cc(Cl)c(Cl)c(Cl)c2C)cc(Cl)c(Cl)c1C. The van der Waals surface area contributed by atoms with Crippen LogP contribution in [0, 0.1) is 20.8 Å². The third-order valence-corrected chi connectivity index (χ3v) is 6.38. The van der Waals surface area contributed by atoms with E-state index in [2.05, 4.69) is 0 Å². The number of hydrogen-bond acceptors (Lipinski definition) is 2. The van der Waals surface area contributed by atoms with Gasteiger partial charge in [0.25, 0.3) is 0 Å². The van der Waals surface area contributed by atoms with Crippen molar-refractivity contribution in [2.45, 2.75) is 61.3 Å². The standard InChI is InChI=1S/C19H19Cl5O2.2C2H6/c1-10-11(2)17(22)13(20)8-15(10)25-6-4-5-7-26-16-9-14(21)19(24)18(23)12(16)3;2*1-2/h8-9H,4-7H2,1-3H3;2*1-2H3. The third kappa shape index (κ3) is 8.20. The summed E-state index contributed by atoms with van der Waals surface area (Å²) in [5, 5.41) is 2.22. The largest absolute Gasteiger partial charge is 0.493 e. The van der Waals surface area contributed by atoms with Crippen molar-refractivity contribution >= 4 is 58.0 Å². The van der Waals surface area contributed by atoms with E-state index >= 15 is 0 Å². The number of benzene rings is 2. The van der Waals surface area contributed by atoms with Crippen molar-refractivity contribution in [1.82, 2.24) is 0 Å². The second kappa shape index (κ2) is 15.3. The van der Waals surface area contributed by atoms with Gasteiger partial charge < -0.3 is 9.47 Å². The van der Waals surface area contributed by atoms with Crippen molar-refractivity contribution in [3.8, 4) is 11.5 Å². The molecule has 0 fully saturated rings. The predicted molar refractivity (Wildman–Crippen MR) is 135 cm³/mol. The molecule has 0 aliphatic carbocycles. The van der Waals surface area contributed by atoms with Gasteiger partial charge in [-0.2, -0.15) is 0 Å². The first-order valence-corrected chi connectivity index (χ1v) is 12.0. The first kappa shape index (κ1) is 29.5. The lowest BCUT2D eigenvalue weighted by atomic mass is 10.1. The van der Waals surface area contributed by atoms with Crippen LogP contribution >= 0.6 is 58.0 Å². The second-order valence-electron chi connectivity index (χ2n) is 5.93. The van der Waals surface area contributed by atoms with Gasteiger partial charge in [0.15, 0.2) is 0 Å². The van der Waals surface area contributed by atoms with Crippen molar-refractivity contribution in [2.24, 2.45) is 0 Å². The molecule has 0 atom stereocenters. The molecular formula is C23H31Cl5O2. The summed E-state index contributed by atoms with van der Waals surface area (Å²) in [5.74, 6) is 1.39. The number of halogens is 5. The van der Waals surface area contributed by atoms with E-state index in [0.717, 1.165) is 35.3 Å². The zero-order chi connectivity index (χ0) is 23.4. The van der Waals surface area contributed by atoms with E-state index < -0.39 is 0 Å². The molecule has 0 aliphatic rings. The van der Waals surface area contributed by atoms with Crippen LogP contribution in [-0.4, -0.2) is 13.2 Å². The van der Waals surface area contributed by atoms with Gasteiger partial charge in [-0.05, 0) is 44.7 Å². The highest BCUT2D eigenvalue weighted by Gasteiger charge is 2.13. The molecule has 170 valence electrons. The lowest BCUT2D eigenvalue weighted by Crippen LogP contribution is -2.04. The third-order valence-electron chi connectivity index (χ3n) is 4.14. The van der Waals surface area contributed by atoms with Gasteiger partial charge >= 0.3 is 0 Å². The van der Waals surface area contributed by atoms with Gasteiger partial charge in [-0.3, -0.25) is 0 Å². The molecule has 0 aliphatic heterocycles. The highest BCUT2D eigenvalue weighted by Crippen LogP contribution is 2.38. The Morgan fingerprint density at radius 3 is 1.43 bits per heavy atom. The van der Waals surface area contributed by atoms with Crippen molar-refractivity contribution in [3.05, 3.63) is 53.9 Å². The van der Waals surface area contributed by atoms with E-state index in [1.807, 2.05) is 48.5 Å². The molecule has 7 heteroatoms. The Morgan fingerprint density at radius 1 is 0.567 bits per heavy atom. The number of hydrogen-bond donors (Lipinski definition) is 0. The topological polar surface area (TPSA) is 18.5 Å². The Morgan fingerprint density at radius 2 is 0.967 bits per heavy atom. The number of ether oxygens (including phenoxy) is 2. The van der Waals surface area contributed by atoms with E-state index in [1.54, 1.807) is 12.1 Å². The fraction of sp³-hybridized carbons (Fsp3) is 0.478. The molecular weight excluding hydrogens is 486 g/mol. The molecule has 0 radical (unpaired) electrons. The molecule has 0 bridgehead atoms. The molecule has 0 aromatic heterocycles. The fourth-order valence-corrected chi connectivity index (χ4v) is 3.42. The molecule has 2 rings (SSSR count). The molecule has 30 heavy (non-hydrogen) atoms. The Kier molecular flexibility index (Phi) is 15.1. The van der Waals surface area contributed by atoms with E-state index in [0.29, 0.717) is 44.1 Å². The van der Waals surface area contributed by atoms with Crippen molar-refractivity contribution in [2.75, 3.05) is 13.2 Å².